The first kappa shape index (κ1) is 16.8. The Morgan fingerprint density at radius 1 is 1.29 bits per heavy atom. The summed E-state index contributed by atoms with van der Waals surface area (Å²) < 4.78 is 0. The van der Waals surface area contributed by atoms with Gasteiger partial charge in [-0.05, 0) is 46.0 Å². The van der Waals surface area contributed by atoms with Crippen LogP contribution in [0.2, 0.25) is 0 Å². The minimum Gasteiger partial charge on any atom is -0.348 e. The number of piperidine rings is 1. The van der Waals surface area contributed by atoms with Gasteiger partial charge in [-0.15, -0.1) is 11.3 Å². The molecule has 2 rings (SSSR count). The molecule has 0 aromatic carbocycles. The Bertz CT molecular complexity index is 439. The SMILES string of the molecule is CCCc1nc(N2CCC(C)CC2)sc1CNC(C)(C)C. The summed E-state index contributed by atoms with van der Waals surface area (Å²) in [5.41, 5.74) is 1.47. The van der Waals surface area contributed by atoms with Crippen LogP contribution in [0.25, 0.3) is 0 Å². The van der Waals surface area contributed by atoms with Crippen molar-refractivity contribution in [1.82, 2.24) is 10.3 Å². The van der Waals surface area contributed by atoms with Gasteiger partial charge in [-0.2, -0.15) is 0 Å². The van der Waals surface area contributed by atoms with Gasteiger partial charge in [0.2, 0.25) is 0 Å². The molecule has 0 aliphatic carbocycles. The van der Waals surface area contributed by atoms with E-state index in [1.807, 2.05) is 11.3 Å². The van der Waals surface area contributed by atoms with Crippen LogP contribution in [0, 0.1) is 5.92 Å². The van der Waals surface area contributed by atoms with Crippen molar-refractivity contribution in [2.75, 3.05) is 18.0 Å². The molecule has 1 aliphatic heterocycles. The first-order valence-corrected chi connectivity index (χ1v) is 9.19. The standard InChI is InChI=1S/C17H31N3S/c1-6-7-14-15(12-18-17(3,4)5)21-16(19-14)20-10-8-13(2)9-11-20/h13,18H,6-12H2,1-5H3. The van der Waals surface area contributed by atoms with E-state index in [4.69, 9.17) is 4.98 Å². The van der Waals surface area contributed by atoms with E-state index in [1.165, 1.54) is 48.1 Å². The van der Waals surface area contributed by atoms with Crippen molar-refractivity contribution >= 4 is 16.5 Å². The maximum atomic E-state index is 4.95. The Labute approximate surface area is 134 Å². The van der Waals surface area contributed by atoms with E-state index in [9.17, 15) is 0 Å². The average molecular weight is 310 g/mol. The van der Waals surface area contributed by atoms with Gasteiger partial charge in [0.25, 0.3) is 0 Å². The molecule has 0 saturated carbocycles. The van der Waals surface area contributed by atoms with E-state index < -0.39 is 0 Å². The minimum atomic E-state index is 0.161. The van der Waals surface area contributed by atoms with Gasteiger partial charge in [0.05, 0.1) is 5.69 Å². The molecule has 0 unspecified atom stereocenters. The molecule has 21 heavy (non-hydrogen) atoms. The topological polar surface area (TPSA) is 28.2 Å². The van der Waals surface area contributed by atoms with E-state index in [0.29, 0.717) is 0 Å². The van der Waals surface area contributed by atoms with Crippen LogP contribution in [-0.2, 0) is 13.0 Å². The maximum Gasteiger partial charge on any atom is 0.185 e. The molecule has 1 aromatic rings. The van der Waals surface area contributed by atoms with Gasteiger partial charge >= 0.3 is 0 Å². The number of aromatic nitrogens is 1. The van der Waals surface area contributed by atoms with Crippen molar-refractivity contribution in [3.05, 3.63) is 10.6 Å². The van der Waals surface area contributed by atoms with Crippen molar-refractivity contribution in [1.29, 1.82) is 0 Å². The van der Waals surface area contributed by atoms with Crippen LogP contribution in [0.1, 0.15) is 64.5 Å². The lowest BCUT2D eigenvalue weighted by molar-refractivity contribution is 0.425. The van der Waals surface area contributed by atoms with Crippen molar-refractivity contribution in [2.45, 2.75) is 72.4 Å². The van der Waals surface area contributed by atoms with Crippen molar-refractivity contribution in [3.63, 3.8) is 0 Å². The molecule has 3 nitrogen and oxygen atoms in total. The molecule has 1 fully saturated rings. The normalized spacial score (nSPS) is 17.5. The molecule has 1 saturated heterocycles. The summed E-state index contributed by atoms with van der Waals surface area (Å²) in [5.74, 6) is 0.873. The van der Waals surface area contributed by atoms with E-state index in [0.717, 1.165) is 18.9 Å². The number of aryl methyl sites for hydroxylation is 1. The molecule has 1 aromatic heterocycles. The molecule has 0 atom stereocenters. The minimum absolute atomic E-state index is 0.161. The smallest absolute Gasteiger partial charge is 0.185 e. The summed E-state index contributed by atoms with van der Waals surface area (Å²) in [6.07, 6.45) is 4.88. The van der Waals surface area contributed by atoms with Crippen LogP contribution < -0.4 is 10.2 Å². The third-order valence-corrected chi connectivity index (χ3v) is 5.25. The second-order valence-corrected chi connectivity index (χ2v) is 8.45. The number of anilines is 1. The summed E-state index contributed by atoms with van der Waals surface area (Å²) in [5, 5.41) is 4.86. The van der Waals surface area contributed by atoms with Crippen LogP contribution >= 0.6 is 11.3 Å². The summed E-state index contributed by atoms with van der Waals surface area (Å²) in [6, 6.07) is 0. The largest absolute Gasteiger partial charge is 0.348 e. The Balaban J connectivity index is 2.08. The predicted molar refractivity (Wildman–Crippen MR) is 93.3 cm³/mol. The number of hydrogen-bond acceptors (Lipinski definition) is 4. The zero-order chi connectivity index (χ0) is 15.5. The van der Waals surface area contributed by atoms with Crippen LogP contribution in [-0.4, -0.2) is 23.6 Å². The van der Waals surface area contributed by atoms with Crippen molar-refractivity contribution in [2.24, 2.45) is 5.92 Å². The van der Waals surface area contributed by atoms with Gasteiger partial charge in [-0.25, -0.2) is 4.98 Å². The molecule has 4 heteroatoms. The van der Waals surface area contributed by atoms with Gasteiger partial charge in [0, 0.05) is 30.1 Å². The fraction of sp³-hybridized carbons (Fsp3) is 0.824. The fourth-order valence-corrected chi connectivity index (χ4v) is 3.72. The summed E-state index contributed by atoms with van der Waals surface area (Å²) in [4.78, 5) is 8.88. The van der Waals surface area contributed by atoms with Gasteiger partial charge in [0.1, 0.15) is 0 Å². The van der Waals surface area contributed by atoms with Crippen molar-refractivity contribution < 1.29 is 0 Å². The maximum absolute atomic E-state index is 4.95. The van der Waals surface area contributed by atoms with E-state index in [1.54, 1.807) is 0 Å². The highest BCUT2D eigenvalue weighted by atomic mass is 32.1. The molecular weight excluding hydrogens is 278 g/mol. The Kier molecular flexibility index (Phi) is 5.67. The molecule has 0 spiro atoms. The van der Waals surface area contributed by atoms with Crippen LogP contribution in [0.5, 0.6) is 0 Å². The van der Waals surface area contributed by atoms with Crippen LogP contribution in [0.15, 0.2) is 0 Å². The van der Waals surface area contributed by atoms with E-state index in [-0.39, 0.29) is 5.54 Å². The number of nitrogens with zero attached hydrogens (tertiary/aromatic N) is 2. The van der Waals surface area contributed by atoms with Gasteiger partial charge < -0.3 is 10.2 Å². The average Bonchev–Trinajstić information content (AvgIpc) is 2.80. The van der Waals surface area contributed by atoms with Crippen LogP contribution in [0.4, 0.5) is 5.13 Å². The number of hydrogen-bond donors (Lipinski definition) is 1. The predicted octanol–water partition coefficient (Wildman–Crippen LogP) is 4.22. The van der Waals surface area contributed by atoms with Gasteiger partial charge in [-0.3, -0.25) is 0 Å². The summed E-state index contributed by atoms with van der Waals surface area (Å²) in [6.45, 7) is 14.6. The molecule has 0 amide bonds. The monoisotopic (exact) mass is 309 g/mol. The lowest BCUT2D eigenvalue weighted by Gasteiger charge is -2.29. The van der Waals surface area contributed by atoms with Gasteiger partial charge in [-0.1, -0.05) is 20.3 Å². The molecule has 120 valence electrons. The number of rotatable bonds is 5. The highest BCUT2D eigenvalue weighted by molar-refractivity contribution is 7.15. The molecule has 0 bridgehead atoms. The number of thiazole rings is 1. The molecular formula is C17H31N3S. The second kappa shape index (κ2) is 7.10. The first-order valence-electron chi connectivity index (χ1n) is 8.37. The number of nitrogens with one attached hydrogen (secondary N) is 1. The van der Waals surface area contributed by atoms with Gasteiger partial charge in [0.15, 0.2) is 5.13 Å². The van der Waals surface area contributed by atoms with Crippen molar-refractivity contribution in [3.8, 4) is 0 Å². The van der Waals surface area contributed by atoms with Crippen LogP contribution in [0.3, 0.4) is 0 Å². The lowest BCUT2D eigenvalue weighted by Crippen LogP contribution is -2.35. The highest BCUT2D eigenvalue weighted by Crippen LogP contribution is 2.30. The second-order valence-electron chi connectivity index (χ2n) is 7.39. The third-order valence-electron chi connectivity index (χ3n) is 4.09. The fourth-order valence-electron chi connectivity index (χ4n) is 2.62. The Morgan fingerprint density at radius 2 is 1.95 bits per heavy atom. The molecule has 1 aliphatic rings. The molecule has 2 heterocycles. The summed E-state index contributed by atoms with van der Waals surface area (Å²) in [7, 11) is 0. The zero-order valence-corrected chi connectivity index (χ0v) is 15.1. The molecule has 0 radical (unpaired) electrons. The zero-order valence-electron chi connectivity index (χ0n) is 14.3. The Hall–Kier alpha value is -0.610. The summed E-state index contributed by atoms with van der Waals surface area (Å²) >= 11 is 1.90. The quantitative estimate of drug-likeness (QED) is 0.882. The Morgan fingerprint density at radius 3 is 2.52 bits per heavy atom. The lowest BCUT2D eigenvalue weighted by atomic mass is 10.00. The van der Waals surface area contributed by atoms with E-state index >= 15 is 0 Å². The van der Waals surface area contributed by atoms with E-state index in [2.05, 4.69) is 44.8 Å². The third kappa shape index (κ3) is 4.96. The highest BCUT2D eigenvalue weighted by Gasteiger charge is 2.21. The molecule has 1 N–H and O–H groups in total. The first-order chi connectivity index (χ1) is 9.89.